The smallest absolute Gasteiger partial charge is 0.201 e. The SMILES string of the molecule is Fc1ccc2c(oc3c(F)c(C4=CCC(C5CC5)CC4)ccc32)c1F. The molecule has 5 rings (SSSR count). The maximum atomic E-state index is 15.0. The molecule has 2 aliphatic carbocycles. The van der Waals surface area contributed by atoms with Crippen molar-refractivity contribution in [1.82, 2.24) is 0 Å². The van der Waals surface area contributed by atoms with Gasteiger partial charge in [0.25, 0.3) is 0 Å². The van der Waals surface area contributed by atoms with Crippen LogP contribution < -0.4 is 0 Å². The zero-order valence-electron chi connectivity index (χ0n) is 13.6. The molecule has 0 amide bonds. The van der Waals surface area contributed by atoms with Crippen LogP contribution in [0.2, 0.25) is 0 Å². The fraction of sp³-hybridized carbons (Fsp3) is 0.333. The van der Waals surface area contributed by atoms with Gasteiger partial charge in [0.1, 0.15) is 0 Å². The quantitative estimate of drug-likeness (QED) is 0.511. The van der Waals surface area contributed by atoms with E-state index in [1.807, 2.05) is 0 Å². The number of benzene rings is 2. The summed E-state index contributed by atoms with van der Waals surface area (Å²) < 4.78 is 47.8. The maximum Gasteiger partial charge on any atom is 0.201 e. The van der Waals surface area contributed by atoms with E-state index in [0.717, 1.165) is 42.7 Å². The standard InChI is InChI=1S/C21H17F3O/c22-17-10-9-16-15-8-7-14(18(23)20(15)25-21(16)19(17)24)13-5-3-12(4-6-13)11-1-2-11/h5,7-12H,1-4,6H2. The first kappa shape index (κ1) is 15.1. The second-order valence-corrected chi connectivity index (χ2v) is 7.25. The van der Waals surface area contributed by atoms with E-state index in [1.54, 1.807) is 12.1 Å². The van der Waals surface area contributed by atoms with Gasteiger partial charge in [-0.2, -0.15) is 4.39 Å². The van der Waals surface area contributed by atoms with Crippen LogP contribution in [0, 0.1) is 29.3 Å². The van der Waals surface area contributed by atoms with Crippen LogP contribution in [0.1, 0.15) is 37.7 Å². The second-order valence-electron chi connectivity index (χ2n) is 7.25. The highest BCUT2D eigenvalue weighted by Crippen LogP contribution is 2.45. The van der Waals surface area contributed by atoms with Gasteiger partial charge in [0.05, 0.1) is 0 Å². The molecule has 3 aromatic rings. The number of hydrogen-bond acceptors (Lipinski definition) is 1. The van der Waals surface area contributed by atoms with Crippen LogP contribution in [-0.4, -0.2) is 0 Å². The summed E-state index contributed by atoms with van der Waals surface area (Å²) in [4.78, 5) is 0. The Bertz CT molecular complexity index is 1030. The summed E-state index contributed by atoms with van der Waals surface area (Å²) in [5, 5.41) is 0.869. The highest BCUT2D eigenvalue weighted by molar-refractivity contribution is 6.06. The predicted molar refractivity (Wildman–Crippen MR) is 91.6 cm³/mol. The molecule has 2 aromatic carbocycles. The van der Waals surface area contributed by atoms with Gasteiger partial charge in [-0.05, 0) is 67.7 Å². The Hall–Kier alpha value is -2.23. The summed E-state index contributed by atoms with van der Waals surface area (Å²) in [6, 6.07) is 5.95. The Morgan fingerprint density at radius 1 is 0.800 bits per heavy atom. The lowest BCUT2D eigenvalue weighted by Gasteiger charge is -2.22. The molecule has 4 heteroatoms. The van der Waals surface area contributed by atoms with Crippen molar-refractivity contribution in [2.75, 3.05) is 0 Å². The molecule has 1 fully saturated rings. The van der Waals surface area contributed by atoms with Crippen molar-refractivity contribution in [3.63, 3.8) is 0 Å². The summed E-state index contributed by atoms with van der Waals surface area (Å²) in [6.45, 7) is 0. The fourth-order valence-electron chi connectivity index (χ4n) is 4.16. The lowest BCUT2D eigenvalue weighted by molar-refractivity contribution is 0.427. The lowest BCUT2D eigenvalue weighted by atomic mass is 9.84. The Kier molecular flexibility index (Phi) is 3.24. The van der Waals surface area contributed by atoms with Crippen molar-refractivity contribution >= 4 is 27.5 Å². The van der Waals surface area contributed by atoms with Crippen molar-refractivity contribution in [3.05, 3.63) is 53.4 Å². The minimum Gasteiger partial charge on any atom is -0.450 e. The van der Waals surface area contributed by atoms with Gasteiger partial charge >= 0.3 is 0 Å². The van der Waals surface area contributed by atoms with Crippen molar-refractivity contribution in [2.45, 2.75) is 32.1 Å². The van der Waals surface area contributed by atoms with Gasteiger partial charge < -0.3 is 4.42 Å². The van der Waals surface area contributed by atoms with E-state index in [1.165, 1.54) is 18.9 Å². The first-order chi connectivity index (χ1) is 12.1. The fourth-order valence-corrected chi connectivity index (χ4v) is 4.16. The summed E-state index contributed by atoms with van der Waals surface area (Å²) in [5.74, 6) is -0.950. The molecule has 1 aromatic heterocycles. The van der Waals surface area contributed by atoms with Gasteiger partial charge in [-0.25, -0.2) is 8.78 Å². The molecule has 1 saturated carbocycles. The molecule has 1 nitrogen and oxygen atoms in total. The molecule has 2 aliphatic rings. The zero-order valence-corrected chi connectivity index (χ0v) is 13.6. The van der Waals surface area contributed by atoms with E-state index >= 15 is 4.39 Å². The topological polar surface area (TPSA) is 13.1 Å². The molecule has 0 aliphatic heterocycles. The minimum absolute atomic E-state index is 0.00205. The third-order valence-corrected chi connectivity index (χ3v) is 5.73. The van der Waals surface area contributed by atoms with E-state index < -0.39 is 17.5 Å². The monoisotopic (exact) mass is 342 g/mol. The Morgan fingerprint density at radius 3 is 2.20 bits per heavy atom. The van der Waals surface area contributed by atoms with Crippen LogP contribution in [0.3, 0.4) is 0 Å². The highest BCUT2D eigenvalue weighted by Gasteiger charge is 2.32. The molecule has 25 heavy (non-hydrogen) atoms. The van der Waals surface area contributed by atoms with Crippen molar-refractivity contribution in [1.29, 1.82) is 0 Å². The van der Waals surface area contributed by atoms with Gasteiger partial charge in [-0.15, -0.1) is 0 Å². The molecule has 1 heterocycles. The molecule has 0 N–H and O–H groups in total. The Morgan fingerprint density at radius 2 is 1.52 bits per heavy atom. The number of fused-ring (bicyclic) bond motifs is 3. The Labute approximate surface area is 143 Å². The van der Waals surface area contributed by atoms with Gasteiger partial charge in [-0.1, -0.05) is 12.1 Å². The molecular weight excluding hydrogens is 325 g/mol. The van der Waals surface area contributed by atoms with Gasteiger partial charge in [0, 0.05) is 16.3 Å². The molecule has 0 spiro atoms. The van der Waals surface area contributed by atoms with Crippen molar-refractivity contribution in [3.8, 4) is 0 Å². The molecule has 0 radical (unpaired) electrons. The van der Waals surface area contributed by atoms with Gasteiger partial charge in [0.15, 0.2) is 22.8 Å². The van der Waals surface area contributed by atoms with Crippen LogP contribution >= 0.6 is 0 Å². The second kappa shape index (κ2) is 5.38. The third kappa shape index (κ3) is 2.30. The number of halogens is 3. The van der Waals surface area contributed by atoms with E-state index in [-0.39, 0.29) is 11.2 Å². The number of furan rings is 1. The molecule has 1 unspecified atom stereocenters. The largest absolute Gasteiger partial charge is 0.450 e. The summed E-state index contributed by atoms with van der Waals surface area (Å²) in [7, 11) is 0. The van der Waals surface area contributed by atoms with E-state index in [0.29, 0.717) is 16.3 Å². The molecular formula is C21H17F3O. The van der Waals surface area contributed by atoms with E-state index in [9.17, 15) is 8.78 Å². The summed E-state index contributed by atoms with van der Waals surface area (Å²) in [5.41, 5.74) is 1.28. The number of allylic oxidation sites excluding steroid dienone is 2. The van der Waals surface area contributed by atoms with Crippen molar-refractivity contribution in [2.24, 2.45) is 11.8 Å². The van der Waals surface area contributed by atoms with Gasteiger partial charge in [0.2, 0.25) is 5.82 Å². The molecule has 0 bridgehead atoms. The van der Waals surface area contributed by atoms with Crippen LogP contribution in [0.4, 0.5) is 13.2 Å². The maximum absolute atomic E-state index is 15.0. The third-order valence-electron chi connectivity index (χ3n) is 5.73. The van der Waals surface area contributed by atoms with Crippen LogP contribution in [-0.2, 0) is 0 Å². The van der Waals surface area contributed by atoms with E-state index in [4.69, 9.17) is 4.42 Å². The number of rotatable bonds is 2. The molecule has 1 atom stereocenters. The van der Waals surface area contributed by atoms with Crippen molar-refractivity contribution < 1.29 is 17.6 Å². The highest BCUT2D eigenvalue weighted by atomic mass is 19.2. The van der Waals surface area contributed by atoms with Crippen LogP contribution in [0.25, 0.3) is 27.5 Å². The predicted octanol–water partition coefficient (Wildman–Crippen LogP) is 6.60. The van der Waals surface area contributed by atoms with Crippen LogP contribution in [0.15, 0.2) is 34.8 Å². The normalized spacial score (nSPS) is 21.1. The van der Waals surface area contributed by atoms with Gasteiger partial charge in [-0.3, -0.25) is 0 Å². The zero-order chi connectivity index (χ0) is 17.1. The first-order valence-electron chi connectivity index (χ1n) is 8.81. The first-order valence-corrected chi connectivity index (χ1v) is 8.81. The summed E-state index contributed by atoms with van der Waals surface area (Å²) in [6.07, 6.45) is 7.74. The van der Waals surface area contributed by atoms with Crippen LogP contribution in [0.5, 0.6) is 0 Å². The van der Waals surface area contributed by atoms with E-state index in [2.05, 4.69) is 6.08 Å². The average molecular weight is 342 g/mol. The molecule has 0 saturated heterocycles. The lowest BCUT2D eigenvalue weighted by Crippen LogP contribution is -2.07. The number of hydrogen-bond donors (Lipinski definition) is 0. The average Bonchev–Trinajstić information content (AvgIpc) is 3.40. The summed E-state index contributed by atoms with van der Waals surface area (Å²) >= 11 is 0. The Balaban J connectivity index is 1.62. The minimum atomic E-state index is -1.07. The molecule has 128 valence electrons.